The van der Waals surface area contributed by atoms with Crippen LogP contribution in [-0.4, -0.2) is 16.3 Å². The predicted molar refractivity (Wildman–Crippen MR) is 77.5 cm³/mol. The van der Waals surface area contributed by atoms with Crippen LogP contribution in [0.15, 0.2) is 18.2 Å². The summed E-state index contributed by atoms with van der Waals surface area (Å²) in [5, 5.41) is 0.918. The predicted octanol–water partition coefficient (Wildman–Crippen LogP) is 5.09. The number of thioether (sulfide) groups is 1. The number of hydrogen-bond acceptors (Lipinski definition) is 2. The highest BCUT2D eigenvalue weighted by molar-refractivity contribution is 8.00. The van der Waals surface area contributed by atoms with E-state index in [0.29, 0.717) is 16.6 Å². The summed E-state index contributed by atoms with van der Waals surface area (Å²) in [6.45, 7) is 0. The zero-order valence-corrected chi connectivity index (χ0v) is 12.6. The molecule has 0 saturated carbocycles. The number of benzene rings is 1. The molecule has 2 unspecified atom stereocenters. The number of alkyl halides is 3. The van der Waals surface area contributed by atoms with Crippen molar-refractivity contribution in [2.45, 2.75) is 48.8 Å². The topological polar surface area (TPSA) is 17.1 Å². The second-order valence-corrected chi connectivity index (χ2v) is 7.64. The molecular formula is C16H16F4OS. The first-order chi connectivity index (χ1) is 10.3. The molecule has 22 heavy (non-hydrogen) atoms. The van der Waals surface area contributed by atoms with Gasteiger partial charge < -0.3 is 0 Å². The molecule has 6 heteroatoms. The quantitative estimate of drug-likeness (QED) is 0.554. The van der Waals surface area contributed by atoms with E-state index in [1.54, 1.807) is 0 Å². The van der Waals surface area contributed by atoms with E-state index in [4.69, 9.17) is 0 Å². The third-order valence-electron chi connectivity index (χ3n) is 4.46. The van der Waals surface area contributed by atoms with Crippen LogP contribution in [0.2, 0.25) is 0 Å². The Kier molecular flexibility index (Phi) is 4.23. The molecule has 1 aromatic rings. The molecule has 0 N–H and O–H groups in total. The van der Waals surface area contributed by atoms with Gasteiger partial charge in [0, 0.05) is 22.0 Å². The van der Waals surface area contributed by atoms with Crippen molar-refractivity contribution in [3.63, 3.8) is 0 Å². The first-order valence-corrected chi connectivity index (χ1v) is 8.35. The fourth-order valence-corrected chi connectivity index (χ4v) is 5.24. The SMILES string of the molecule is O=C(c1ccc(C(F)(F)F)c(F)c1)C1CC2CCCC(C1)S2. The highest BCUT2D eigenvalue weighted by Gasteiger charge is 2.37. The van der Waals surface area contributed by atoms with E-state index >= 15 is 0 Å². The van der Waals surface area contributed by atoms with E-state index in [-0.39, 0.29) is 17.3 Å². The molecule has 1 aromatic carbocycles. The Morgan fingerprint density at radius 2 is 1.77 bits per heavy atom. The Morgan fingerprint density at radius 1 is 1.14 bits per heavy atom. The number of halogens is 4. The molecule has 2 bridgehead atoms. The van der Waals surface area contributed by atoms with Crippen LogP contribution >= 0.6 is 11.8 Å². The molecule has 0 aliphatic carbocycles. The number of ketones is 1. The summed E-state index contributed by atoms with van der Waals surface area (Å²) in [6, 6.07) is 2.51. The second kappa shape index (κ2) is 5.87. The van der Waals surface area contributed by atoms with Crippen molar-refractivity contribution in [2.24, 2.45) is 5.92 Å². The summed E-state index contributed by atoms with van der Waals surface area (Å²) in [7, 11) is 0. The van der Waals surface area contributed by atoms with Crippen LogP contribution in [0.1, 0.15) is 48.0 Å². The summed E-state index contributed by atoms with van der Waals surface area (Å²) in [4.78, 5) is 12.5. The van der Waals surface area contributed by atoms with E-state index in [1.807, 2.05) is 11.8 Å². The van der Waals surface area contributed by atoms with Gasteiger partial charge in [-0.15, -0.1) is 0 Å². The Hall–Kier alpha value is -1.04. The summed E-state index contributed by atoms with van der Waals surface area (Å²) >= 11 is 1.92. The van der Waals surface area contributed by atoms with Gasteiger partial charge in [-0.25, -0.2) is 4.39 Å². The lowest BCUT2D eigenvalue weighted by Gasteiger charge is -2.38. The normalized spacial score (nSPS) is 28.5. The molecule has 2 saturated heterocycles. The van der Waals surface area contributed by atoms with Gasteiger partial charge in [0.25, 0.3) is 0 Å². The van der Waals surface area contributed by atoms with Crippen molar-refractivity contribution in [1.29, 1.82) is 0 Å². The van der Waals surface area contributed by atoms with E-state index in [1.165, 1.54) is 6.42 Å². The van der Waals surface area contributed by atoms with Crippen molar-refractivity contribution in [3.05, 3.63) is 35.1 Å². The zero-order valence-electron chi connectivity index (χ0n) is 11.8. The van der Waals surface area contributed by atoms with Crippen molar-refractivity contribution >= 4 is 17.5 Å². The smallest absolute Gasteiger partial charge is 0.294 e. The molecular weight excluding hydrogens is 316 g/mol. The zero-order chi connectivity index (χ0) is 15.9. The van der Waals surface area contributed by atoms with Crippen LogP contribution in [0.4, 0.5) is 17.6 Å². The minimum Gasteiger partial charge on any atom is -0.294 e. The third-order valence-corrected chi connectivity index (χ3v) is 6.09. The Labute approximate surface area is 130 Å². The summed E-state index contributed by atoms with van der Waals surface area (Å²) in [6.07, 6.45) is 0.131. The fraction of sp³-hybridized carbons (Fsp3) is 0.562. The van der Waals surface area contributed by atoms with Crippen LogP contribution in [-0.2, 0) is 6.18 Å². The maximum Gasteiger partial charge on any atom is 0.419 e. The van der Waals surface area contributed by atoms with Crippen LogP contribution in [0.5, 0.6) is 0 Å². The van der Waals surface area contributed by atoms with Gasteiger partial charge in [-0.1, -0.05) is 12.5 Å². The number of rotatable bonds is 2. The summed E-state index contributed by atoms with van der Waals surface area (Å²) in [5.41, 5.74) is -1.26. The molecule has 2 aliphatic rings. The van der Waals surface area contributed by atoms with E-state index in [9.17, 15) is 22.4 Å². The lowest BCUT2D eigenvalue weighted by Crippen LogP contribution is -2.33. The average molecular weight is 332 g/mol. The number of hydrogen-bond donors (Lipinski definition) is 0. The second-order valence-electron chi connectivity index (χ2n) is 6.04. The van der Waals surface area contributed by atoms with Crippen molar-refractivity contribution in [2.75, 3.05) is 0 Å². The van der Waals surface area contributed by atoms with Crippen molar-refractivity contribution in [3.8, 4) is 0 Å². The van der Waals surface area contributed by atoms with Gasteiger partial charge in [-0.05, 0) is 37.8 Å². The van der Waals surface area contributed by atoms with E-state index in [2.05, 4.69) is 0 Å². The maximum absolute atomic E-state index is 13.6. The van der Waals surface area contributed by atoms with Gasteiger partial charge in [-0.3, -0.25) is 4.79 Å². The van der Waals surface area contributed by atoms with Crippen molar-refractivity contribution < 1.29 is 22.4 Å². The standard InChI is InChI=1S/C16H16F4OS/c17-14-8-9(4-5-13(14)16(18,19)20)15(21)10-6-11-2-1-3-12(7-10)22-11/h4-5,8,10-12H,1-3,6-7H2. The lowest BCUT2D eigenvalue weighted by atomic mass is 9.84. The maximum atomic E-state index is 13.6. The van der Waals surface area contributed by atoms with Gasteiger partial charge in [0.15, 0.2) is 5.78 Å². The van der Waals surface area contributed by atoms with Crippen LogP contribution in [0.25, 0.3) is 0 Å². The minimum absolute atomic E-state index is 0.0560. The average Bonchev–Trinajstić information content (AvgIpc) is 2.44. The third kappa shape index (κ3) is 3.16. The molecule has 2 aliphatic heterocycles. The number of Topliss-reactive ketones (excluding diaryl/α,β-unsaturated/α-hetero) is 1. The van der Waals surface area contributed by atoms with Crippen molar-refractivity contribution in [1.82, 2.24) is 0 Å². The first kappa shape index (κ1) is 15.8. The molecule has 0 radical (unpaired) electrons. The Morgan fingerprint density at radius 3 is 2.32 bits per heavy atom. The Bertz CT molecular complexity index is 572. The van der Waals surface area contributed by atoms with Gasteiger partial charge in [0.05, 0.1) is 5.56 Å². The van der Waals surface area contributed by atoms with E-state index in [0.717, 1.165) is 37.8 Å². The minimum atomic E-state index is -4.73. The monoisotopic (exact) mass is 332 g/mol. The van der Waals surface area contributed by atoms with Gasteiger partial charge in [-0.2, -0.15) is 24.9 Å². The number of carbonyl (C=O) groups is 1. The Balaban J connectivity index is 1.79. The molecule has 2 atom stereocenters. The molecule has 0 aromatic heterocycles. The highest BCUT2D eigenvalue weighted by atomic mass is 32.2. The van der Waals surface area contributed by atoms with Gasteiger partial charge in [0.2, 0.25) is 0 Å². The lowest BCUT2D eigenvalue weighted by molar-refractivity contribution is -0.140. The van der Waals surface area contributed by atoms with Crippen LogP contribution in [0, 0.1) is 11.7 Å². The molecule has 2 heterocycles. The molecule has 0 amide bonds. The molecule has 3 rings (SSSR count). The van der Waals surface area contributed by atoms with Crippen LogP contribution in [0.3, 0.4) is 0 Å². The molecule has 0 spiro atoms. The number of carbonyl (C=O) groups excluding carboxylic acids is 1. The molecule has 1 nitrogen and oxygen atoms in total. The largest absolute Gasteiger partial charge is 0.419 e. The first-order valence-electron chi connectivity index (χ1n) is 7.41. The summed E-state index contributed by atoms with van der Waals surface area (Å²) in [5.74, 6) is -1.78. The molecule has 2 fully saturated rings. The van der Waals surface area contributed by atoms with Gasteiger partial charge >= 0.3 is 6.18 Å². The van der Waals surface area contributed by atoms with E-state index < -0.39 is 17.6 Å². The van der Waals surface area contributed by atoms with Gasteiger partial charge in [0.1, 0.15) is 5.82 Å². The highest BCUT2D eigenvalue weighted by Crippen LogP contribution is 2.44. The summed E-state index contributed by atoms with van der Waals surface area (Å²) < 4.78 is 51.3. The fourth-order valence-electron chi connectivity index (χ4n) is 3.41. The number of fused-ring (bicyclic) bond motifs is 2. The van der Waals surface area contributed by atoms with Crippen LogP contribution < -0.4 is 0 Å². The molecule has 120 valence electrons.